The van der Waals surface area contributed by atoms with Crippen LogP contribution in [0.25, 0.3) is 10.8 Å². The van der Waals surface area contributed by atoms with Crippen LogP contribution in [0.1, 0.15) is 12.5 Å². The van der Waals surface area contributed by atoms with E-state index in [-0.39, 0.29) is 16.3 Å². The number of rotatable bonds is 2. The molecule has 0 spiro atoms. The van der Waals surface area contributed by atoms with Gasteiger partial charge < -0.3 is 11.5 Å². The number of anilines is 2. The molecule has 0 heterocycles. The van der Waals surface area contributed by atoms with Crippen molar-refractivity contribution in [2.24, 2.45) is 0 Å². The number of aryl methyl sites for hydroxylation is 1. The summed E-state index contributed by atoms with van der Waals surface area (Å²) in [5, 5.41) is 1.09. The summed E-state index contributed by atoms with van der Waals surface area (Å²) in [4.78, 5) is -0.312. The van der Waals surface area contributed by atoms with E-state index in [1.807, 2.05) is 6.92 Å². The van der Waals surface area contributed by atoms with Gasteiger partial charge in [-0.2, -0.15) is 8.42 Å². The van der Waals surface area contributed by atoms with Gasteiger partial charge in [0.05, 0.1) is 11.4 Å². The average molecular weight is 266 g/mol. The summed E-state index contributed by atoms with van der Waals surface area (Å²) in [5.41, 5.74) is 12.5. The Bertz CT molecular complexity index is 724. The van der Waals surface area contributed by atoms with Crippen LogP contribution >= 0.6 is 0 Å². The van der Waals surface area contributed by atoms with Crippen molar-refractivity contribution in [1.29, 1.82) is 0 Å². The molecular formula is C12H14N2O3S. The topological polar surface area (TPSA) is 106 Å². The van der Waals surface area contributed by atoms with Gasteiger partial charge >= 0.3 is 0 Å². The van der Waals surface area contributed by atoms with E-state index in [1.165, 1.54) is 0 Å². The number of nitrogens with two attached hydrogens (primary N) is 2. The summed E-state index contributed by atoms with van der Waals surface area (Å²) in [5.74, 6) is 0. The van der Waals surface area contributed by atoms with E-state index in [9.17, 15) is 13.0 Å². The predicted octanol–water partition coefficient (Wildman–Crippen LogP) is 1.81. The normalized spacial score (nSPS) is 11.9. The van der Waals surface area contributed by atoms with Crippen LogP contribution in [0.4, 0.5) is 11.4 Å². The second-order valence-corrected chi connectivity index (χ2v) is 5.37. The highest BCUT2D eigenvalue weighted by molar-refractivity contribution is 7.86. The summed E-state index contributed by atoms with van der Waals surface area (Å²) >= 11 is 0. The lowest BCUT2D eigenvalue weighted by Gasteiger charge is -2.15. The van der Waals surface area contributed by atoms with E-state index >= 15 is 0 Å². The van der Waals surface area contributed by atoms with Crippen LogP contribution in [0.15, 0.2) is 29.2 Å². The first-order valence-corrected chi connectivity index (χ1v) is 6.88. The number of fused-ring (bicyclic) bond motifs is 1. The van der Waals surface area contributed by atoms with Gasteiger partial charge in [0.2, 0.25) is 0 Å². The maximum Gasteiger partial charge on any atom is 0.297 e. The minimum Gasteiger partial charge on any atom is -0.397 e. The van der Waals surface area contributed by atoms with Gasteiger partial charge in [-0.1, -0.05) is 31.2 Å². The van der Waals surface area contributed by atoms with Gasteiger partial charge in [-0.15, -0.1) is 0 Å². The molecule has 0 saturated carbocycles. The van der Waals surface area contributed by atoms with Crippen molar-refractivity contribution in [2.75, 3.05) is 11.5 Å². The zero-order valence-electron chi connectivity index (χ0n) is 9.84. The third-order valence-corrected chi connectivity index (χ3v) is 3.92. The molecule has 18 heavy (non-hydrogen) atoms. The number of benzene rings is 2. The smallest absolute Gasteiger partial charge is 0.297 e. The van der Waals surface area contributed by atoms with Gasteiger partial charge in [0.15, 0.2) is 0 Å². The molecule has 6 heteroatoms. The van der Waals surface area contributed by atoms with Crippen LogP contribution in [0, 0.1) is 0 Å². The summed E-state index contributed by atoms with van der Waals surface area (Å²) in [6, 6.07) is 6.84. The van der Waals surface area contributed by atoms with Crippen LogP contribution in [0.2, 0.25) is 0 Å². The van der Waals surface area contributed by atoms with E-state index in [4.69, 9.17) is 11.5 Å². The van der Waals surface area contributed by atoms with E-state index < -0.39 is 10.1 Å². The molecule has 5 N–H and O–H groups in total. The van der Waals surface area contributed by atoms with Crippen LogP contribution < -0.4 is 11.5 Å². The molecule has 0 saturated heterocycles. The Morgan fingerprint density at radius 3 is 2.17 bits per heavy atom. The molecule has 0 aliphatic heterocycles. The Balaban J connectivity index is 3.10. The van der Waals surface area contributed by atoms with Crippen LogP contribution in [-0.2, 0) is 16.5 Å². The van der Waals surface area contributed by atoms with Crippen LogP contribution in [0.5, 0.6) is 0 Å². The lowest BCUT2D eigenvalue weighted by molar-refractivity contribution is 0.484. The van der Waals surface area contributed by atoms with E-state index in [2.05, 4.69) is 0 Å². The van der Waals surface area contributed by atoms with Gasteiger partial charge in [-0.3, -0.25) is 4.55 Å². The molecule has 0 amide bonds. The molecule has 2 aromatic carbocycles. The molecule has 0 aliphatic carbocycles. The molecule has 0 bridgehead atoms. The molecular weight excluding hydrogens is 252 g/mol. The molecule has 96 valence electrons. The van der Waals surface area contributed by atoms with Crippen LogP contribution in [-0.4, -0.2) is 13.0 Å². The third-order valence-electron chi connectivity index (χ3n) is 2.97. The van der Waals surface area contributed by atoms with Crippen molar-refractivity contribution in [3.8, 4) is 0 Å². The summed E-state index contributed by atoms with van der Waals surface area (Å²) in [6.07, 6.45) is 0.627. The quantitative estimate of drug-likeness (QED) is 0.567. The predicted molar refractivity (Wildman–Crippen MR) is 72.0 cm³/mol. The molecule has 0 atom stereocenters. The van der Waals surface area contributed by atoms with Gasteiger partial charge in [-0.25, -0.2) is 0 Å². The molecule has 2 aromatic rings. The molecule has 0 unspecified atom stereocenters. The second-order valence-electron chi connectivity index (χ2n) is 4.01. The summed E-state index contributed by atoms with van der Waals surface area (Å²) in [7, 11) is -4.41. The second kappa shape index (κ2) is 4.15. The Labute approximate surface area is 105 Å². The van der Waals surface area contributed by atoms with Crippen molar-refractivity contribution in [3.05, 3.63) is 29.8 Å². The van der Waals surface area contributed by atoms with Gasteiger partial charge in [0.25, 0.3) is 10.1 Å². The van der Waals surface area contributed by atoms with Crippen molar-refractivity contribution < 1.29 is 13.0 Å². The summed E-state index contributed by atoms with van der Waals surface area (Å²) < 4.78 is 32.2. The average Bonchev–Trinajstić information content (AvgIpc) is 2.29. The lowest BCUT2D eigenvalue weighted by Crippen LogP contribution is -2.09. The summed E-state index contributed by atoms with van der Waals surface area (Å²) in [6.45, 7) is 1.91. The lowest BCUT2D eigenvalue weighted by atomic mass is 9.99. The number of hydrogen-bond acceptors (Lipinski definition) is 4. The highest BCUT2D eigenvalue weighted by Gasteiger charge is 2.22. The first-order chi connectivity index (χ1) is 8.38. The molecule has 0 aromatic heterocycles. The van der Waals surface area contributed by atoms with E-state index in [0.29, 0.717) is 17.2 Å². The minimum absolute atomic E-state index is 0.0898. The van der Waals surface area contributed by atoms with Crippen molar-refractivity contribution in [2.45, 2.75) is 18.2 Å². The van der Waals surface area contributed by atoms with Crippen molar-refractivity contribution >= 4 is 32.3 Å². The first kappa shape index (κ1) is 12.7. The highest BCUT2D eigenvalue weighted by Crippen LogP contribution is 2.37. The maximum absolute atomic E-state index is 11.4. The van der Waals surface area contributed by atoms with Crippen LogP contribution in [0.3, 0.4) is 0 Å². The zero-order valence-corrected chi connectivity index (χ0v) is 10.7. The fraction of sp³-hybridized carbons (Fsp3) is 0.167. The molecule has 0 radical (unpaired) electrons. The number of nitrogen functional groups attached to an aromatic ring is 2. The maximum atomic E-state index is 11.4. The molecule has 2 rings (SSSR count). The SMILES string of the molecule is CCc1c(N)c(N)c(S(=O)(=O)O)c2ccccc12. The van der Waals surface area contributed by atoms with Gasteiger partial charge in [0.1, 0.15) is 4.90 Å². The van der Waals surface area contributed by atoms with Gasteiger partial charge in [-0.05, 0) is 17.4 Å². The highest BCUT2D eigenvalue weighted by atomic mass is 32.2. The van der Waals surface area contributed by atoms with Gasteiger partial charge in [0, 0.05) is 5.39 Å². The van der Waals surface area contributed by atoms with Crippen molar-refractivity contribution in [1.82, 2.24) is 0 Å². The standard InChI is InChI=1S/C12H14N2O3S/c1-2-7-8-5-3-4-6-9(8)12(18(15,16)17)11(14)10(7)13/h3-6H,2,13-14H2,1H3,(H,15,16,17). The first-order valence-electron chi connectivity index (χ1n) is 5.44. The van der Waals surface area contributed by atoms with E-state index in [1.54, 1.807) is 24.3 Å². The Morgan fingerprint density at radius 1 is 1.11 bits per heavy atom. The monoisotopic (exact) mass is 266 g/mol. The minimum atomic E-state index is -4.41. The van der Waals surface area contributed by atoms with Crippen molar-refractivity contribution in [3.63, 3.8) is 0 Å². The molecule has 5 nitrogen and oxygen atoms in total. The molecule has 0 fully saturated rings. The number of hydrogen-bond donors (Lipinski definition) is 3. The third kappa shape index (κ3) is 1.79. The zero-order chi connectivity index (χ0) is 13.5. The fourth-order valence-electron chi connectivity index (χ4n) is 2.18. The Morgan fingerprint density at radius 2 is 1.67 bits per heavy atom. The fourth-order valence-corrected chi connectivity index (χ4v) is 3.02. The molecule has 0 aliphatic rings. The Kier molecular flexibility index (Phi) is 2.92. The Hall–Kier alpha value is -1.79. The van der Waals surface area contributed by atoms with E-state index in [0.717, 1.165) is 5.56 Å². The largest absolute Gasteiger partial charge is 0.397 e.